The van der Waals surface area contributed by atoms with E-state index in [2.05, 4.69) is 54.5 Å². The summed E-state index contributed by atoms with van der Waals surface area (Å²) in [5, 5.41) is 21.3. The molecule has 6 heteroatoms. The molecule has 0 aliphatic heterocycles. The van der Waals surface area contributed by atoms with Crippen molar-refractivity contribution in [3.8, 4) is 5.75 Å². The zero-order valence-corrected chi connectivity index (χ0v) is 29.3. The number of ether oxygens (including phenoxy) is 2. The summed E-state index contributed by atoms with van der Waals surface area (Å²) < 4.78 is 11.6. The number of carbonyl (C=O) groups excluding carboxylic acids is 2. The first kappa shape index (κ1) is 33.3. The van der Waals surface area contributed by atoms with E-state index in [4.69, 9.17) is 9.47 Å². The van der Waals surface area contributed by atoms with E-state index < -0.39 is 29.0 Å². The van der Waals surface area contributed by atoms with Crippen molar-refractivity contribution in [2.75, 3.05) is 7.11 Å². The van der Waals surface area contributed by atoms with Gasteiger partial charge in [0.25, 0.3) is 0 Å². The number of fused-ring (bicyclic) bond motifs is 7. The molecular weight excluding hydrogens is 576 g/mol. The van der Waals surface area contributed by atoms with Crippen LogP contribution in [-0.2, 0) is 19.1 Å². The Morgan fingerprint density at radius 3 is 2.30 bits per heavy atom. The van der Waals surface area contributed by atoms with Gasteiger partial charge in [0.1, 0.15) is 11.9 Å². The monoisotopic (exact) mass is 632 g/mol. The molecule has 1 aromatic rings. The van der Waals surface area contributed by atoms with E-state index in [0.29, 0.717) is 24.2 Å². The summed E-state index contributed by atoms with van der Waals surface area (Å²) in [5.41, 5.74) is 1.32. The van der Waals surface area contributed by atoms with Gasteiger partial charge < -0.3 is 19.7 Å². The number of allylic oxidation sites excluding steroid dienone is 2. The molecule has 46 heavy (non-hydrogen) atoms. The van der Waals surface area contributed by atoms with Crippen molar-refractivity contribution >= 4 is 18.0 Å². The van der Waals surface area contributed by atoms with Gasteiger partial charge in [-0.3, -0.25) is 4.79 Å². The number of hydrogen-bond acceptors (Lipinski definition) is 6. The maximum Gasteiger partial charge on any atom is 0.331 e. The van der Waals surface area contributed by atoms with Crippen LogP contribution in [0.5, 0.6) is 5.75 Å². The third-order valence-corrected chi connectivity index (χ3v) is 15.0. The highest BCUT2D eigenvalue weighted by molar-refractivity contribution is 5.87. The van der Waals surface area contributed by atoms with Crippen molar-refractivity contribution in [1.82, 2.24) is 0 Å². The second-order valence-electron chi connectivity index (χ2n) is 17.2. The zero-order chi connectivity index (χ0) is 33.4. The number of aliphatic hydroxyl groups is 1. The molecule has 252 valence electrons. The van der Waals surface area contributed by atoms with Crippen LogP contribution in [0, 0.1) is 56.7 Å². The Morgan fingerprint density at radius 1 is 0.935 bits per heavy atom. The number of aromatic hydroxyl groups is 1. The first-order valence-corrected chi connectivity index (χ1v) is 17.7. The van der Waals surface area contributed by atoms with Gasteiger partial charge in [-0.2, -0.15) is 0 Å². The van der Waals surface area contributed by atoms with Gasteiger partial charge in [0, 0.05) is 11.5 Å². The molecule has 0 heterocycles. The van der Waals surface area contributed by atoms with Crippen molar-refractivity contribution in [3.05, 3.63) is 47.6 Å². The fraction of sp³-hybridized carbons (Fsp3) is 0.700. The van der Waals surface area contributed by atoms with Crippen LogP contribution in [0.25, 0.3) is 6.08 Å². The first-order chi connectivity index (χ1) is 21.5. The summed E-state index contributed by atoms with van der Waals surface area (Å²) in [6, 6.07) is 6.65. The molecule has 5 aliphatic carbocycles. The maximum atomic E-state index is 13.6. The van der Waals surface area contributed by atoms with Gasteiger partial charge in [-0.1, -0.05) is 72.2 Å². The minimum atomic E-state index is -0.764. The average Bonchev–Trinajstić information content (AvgIpc) is 3.00. The molecule has 11 atom stereocenters. The van der Waals surface area contributed by atoms with E-state index in [-0.39, 0.29) is 39.8 Å². The molecule has 0 saturated heterocycles. The number of esters is 2. The molecule has 4 saturated carbocycles. The summed E-state index contributed by atoms with van der Waals surface area (Å²) in [4.78, 5) is 26.6. The van der Waals surface area contributed by atoms with Crippen molar-refractivity contribution < 1.29 is 29.3 Å². The highest BCUT2D eigenvalue weighted by atomic mass is 16.6. The van der Waals surface area contributed by atoms with E-state index >= 15 is 0 Å². The van der Waals surface area contributed by atoms with Gasteiger partial charge in [-0.25, -0.2) is 4.79 Å². The SMILES string of the molecule is COC(=O)C12CCC(C)C(C)C1C1=CCC3C4(C)CC(O)C(OC(=O)C=Cc5ccc(O)cc5)C(C)(C)C4CCC3(C)C1(C)CC2. The Kier molecular flexibility index (Phi) is 8.14. The molecule has 0 amide bonds. The van der Waals surface area contributed by atoms with Crippen molar-refractivity contribution in [1.29, 1.82) is 0 Å². The van der Waals surface area contributed by atoms with Crippen LogP contribution in [0.4, 0.5) is 0 Å². The molecule has 2 N–H and O–H groups in total. The van der Waals surface area contributed by atoms with Gasteiger partial charge in [-0.05, 0) is 121 Å². The van der Waals surface area contributed by atoms with Gasteiger partial charge in [0.2, 0.25) is 0 Å². The van der Waals surface area contributed by atoms with Crippen molar-refractivity contribution in [3.63, 3.8) is 0 Å². The first-order valence-electron chi connectivity index (χ1n) is 17.7. The Bertz CT molecular complexity index is 1430. The highest BCUT2D eigenvalue weighted by Crippen LogP contribution is 2.76. The molecular formula is C40H56O6. The van der Waals surface area contributed by atoms with Crippen molar-refractivity contribution in [2.24, 2.45) is 56.7 Å². The molecule has 6 nitrogen and oxygen atoms in total. The number of hydrogen-bond donors (Lipinski definition) is 2. The maximum absolute atomic E-state index is 13.6. The number of phenolic OH excluding ortho intramolecular Hbond substituents is 1. The smallest absolute Gasteiger partial charge is 0.331 e. The molecule has 5 aliphatic rings. The largest absolute Gasteiger partial charge is 0.508 e. The lowest BCUT2D eigenvalue weighted by molar-refractivity contribution is -0.238. The molecule has 0 bridgehead atoms. The lowest BCUT2D eigenvalue weighted by Crippen LogP contribution is -2.67. The van der Waals surface area contributed by atoms with Gasteiger partial charge in [0.05, 0.1) is 18.6 Å². The second-order valence-corrected chi connectivity index (χ2v) is 17.2. The summed E-state index contributed by atoms with van der Waals surface area (Å²) in [5.74, 6) is 1.54. The Hall–Kier alpha value is -2.60. The molecule has 0 spiro atoms. The Morgan fingerprint density at radius 2 is 1.63 bits per heavy atom. The molecule has 1 aromatic carbocycles. The highest BCUT2D eigenvalue weighted by Gasteiger charge is 2.70. The van der Waals surface area contributed by atoms with Crippen LogP contribution in [0.2, 0.25) is 0 Å². The average molecular weight is 633 g/mol. The Balaban J connectivity index is 1.30. The van der Waals surface area contributed by atoms with E-state index in [0.717, 1.165) is 50.5 Å². The number of methoxy groups -OCH3 is 1. The Labute approximate surface area is 276 Å². The van der Waals surface area contributed by atoms with Crippen LogP contribution in [-0.4, -0.2) is 41.5 Å². The topological polar surface area (TPSA) is 93.1 Å². The quantitative estimate of drug-likeness (QED) is 0.198. The fourth-order valence-corrected chi connectivity index (χ4v) is 12.3. The normalized spacial score (nSPS) is 44.5. The predicted octanol–water partition coefficient (Wildman–Crippen LogP) is 8.12. The predicted molar refractivity (Wildman–Crippen MR) is 179 cm³/mol. The number of carbonyl (C=O) groups is 2. The summed E-state index contributed by atoms with van der Waals surface area (Å²) in [6.45, 7) is 16.5. The summed E-state index contributed by atoms with van der Waals surface area (Å²) in [6.07, 6.45) is 11.8. The molecule has 6 rings (SSSR count). The molecule has 4 fully saturated rings. The minimum Gasteiger partial charge on any atom is -0.508 e. The van der Waals surface area contributed by atoms with Crippen LogP contribution >= 0.6 is 0 Å². The minimum absolute atomic E-state index is 0.0159. The van der Waals surface area contributed by atoms with Gasteiger partial charge in [0.15, 0.2) is 0 Å². The van der Waals surface area contributed by atoms with E-state index in [1.54, 1.807) is 37.5 Å². The number of rotatable bonds is 4. The van der Waals surface area contributed by atoms with Crippen LogP contribution in [0.1, 0.15) is 105 Å². The fourth-order valence-electron chi connectivity index (χ4n) is 12.3. The third-order valence-electron chi connectivity index (χ3n) is 15.0. The van der Waals surface area contributed by atoms with Crippen molar-refractivity contribution in [2.45, 2.75) is 112 Å². The van der Waals surface area contributed by atoms with E-state index in [1.807, 2.05) is 0 Å². The number of phenols is 1. The van der Waals surface area contributed by atoms with Gasteiger partial charge in [-0.15, -0.1) is 0 Å². The third kappa shape index (κ3) is 4.66. The number of aliphatic hydroxyl groups excluding tert-OH is 1. The lowest BCUT2D eigenvalue weighted by Gasteiger charge is -2.71. The summed E-state index contributed by atoms with van der Waals surface area (Å²) in [7, 11) is 1.56. The van der Waals surface area contributed by atoms with E-state index in [1.165, 1.54) is 11.6 Å². The zero-order valence-electron chi connectivity index (χ0n) is 29.3. The van der Waals surface area contributed by atoms with Crippen LogP contribution in [0.15, 0.2) is 42.0 Å². The molecule has 0 radical (unpaired) electrons. The number of benzene rings is 1. The van der Waals surface area contributed by atoms with E-state index in [9.17, 15) is 19.8 Å². The van der Waals surface area contributed by atoms with Gasteiger partial charge >= 0.3 is 11.9 Å². The van der Waals surface area contributed by atoms with Crippen LogP contribution < -0.4 is 0 Å². The standard InChI is InChI=1S/C40H56O6/c1-24-17-20-40(35(44)45-8)22-21-38(6)28(33(40)25(24)2)14-15-31-37(5)23-29(42)34(36(3,4)30(37)18-19-39(31,38)7)46-32(43)16-11-26-9-12-27(41)13-10-26/h9-14,16,24-25,29-31,33-34,41-42H,15,17-23H2,1-8H3. The second kappa shape index (κ2) is 11.2. The van der Waals surface area contributed by atoms with Crippen LogP contribution in [0.3, 0.4) is 0 Å². The molecule has 11 unspecified atom stereocenters. The molecule has 0 aromatic heterocycles. The summed E-state index contributed by atoms with van der Waals surface area (Å²) >= 11 is 0. The lowest BCUT2D eigenvalue weighted by atomic mass is 9.33.